The number of likely N-dealkylation sites (tertiary alicyclic amines) is 1. The molecule has 0 aromatic rings. The zero-order chi connectivity index (χ0) is 11.3. The van der Waals surface area contributed by atoms with Crippen LogP contribution < -0.4 is 5.32 Å². The van der Waals surface area contributed by atoms with Gasteiger partial charge in [-0.05, 0) is 26.3 Å². The lowest BCUT2D eigenvalue weighted by atomic mass is 10.2. The normalized spacial score (nSPS) is 23.5. The summed E-state index contributed by atoms with van der Waals surface area (Å²) in [4.78, 5) is 2.45. The third-order valence-corrected chi connectivity index (χ3v) is 3.86. The van der Waals surface area contributed by atoms with Gasteiger partial charge in [-0.2, -0.15) is 0 Å². The van der Waals surface area contributed by atoms with Crippen molar-refractivity contribution < 1.29 is 8.42 Å². The van der Waals surface area contributed by atoms with Crippen molar-refractivity contribution in [2.45, 2.75) is 25.8 Å². The molecule has 0 aliphatic carbocycles. The van der Waals surface area contributed by atoms with Gasteiger partial charge >= 0.3 is 0 Å². The summed E-state index contributed by atoms with van der Waals surface area (Å²) in [6, 6.07) is 0.696. The van der Waals surface area contributed by atoms with Crippen LogP contribution in [0.15, 0.2) is 0 Å². The Morgan fingerprint density at radius 1 is 1.40 bits per heavy atom. The fourth-order valence-electron chi connectivity index (χ4n) is 1.93. The first kappa shape index (κ1) is 12.9. The first-order chi connectivity index (χ1) is 6.99. The fourth-order valence-corrected chi connectivity index (χ4v) is 2.45. The van der Waals surface area contributed by atoms with Gasteiger partial charge in [0, 0.05) is 31.9 Å². The van der Waals surface area contributed by atoms with E-state index in [-0.39, 0.29) is 5.75 Å². The predicted octanol–water partition coefficient (Wildman–Crippen LogP) is 0.105. The van der Waals surface area contributed by atoms with Crippen LogP contribution >= 0.6 is 0 Å². The molecule has 0 aromatic carbocycles. The molecule has 0 saturated carbocycles. The Bertz CT molecular complexity index is 277. The number of hydrogen-bond acceptors (Lipinski definition) is 4. The van der Waals surface area contributed by atoms with Crippen molar-refractivity contribution >= 4 is 9.84 Å². The molecule has 0 aromatic heterocycles. The van der Waals surface area contributed by atoms with Crippen molar-refractivity contribution in [3.63, 3.8) is 0 Å². The summed E-state index contributed by atoms with van der Waals surface area (Å²) in [6.45, 7) is 5.93. The zero-order valence-electron chi connectivity index (χ0n) is 9.70. The summed E-state index contributed by atoms with van der Waals surface area (Å²) in [7, 11) is -2.81. The van der Waals surface area contributed by atoms with Gasteiger partial charge in [-0.1, -0.05) is 0 Å². The minimum Gasteiger partial charge on any atom is -0.314 e. The number of hydrogen-bond donors (Lipinski definition) is 1. The SMILES string of the molecule is CC1CCCN1CCNCCS(C)(=O)=O. The Labute approximate surface area is 93.0 Å². The Hall–Kier alpha value is -0.130. The summed E-state index contributed by atoms with van der Waals surface area (Å²) in [6.07, 6.45) is 3.87. The Kier molecular flexibility index (Phi) is 5.02. The van der Waals surface area contributed by atoms with E-state index < -0.39 is 9.84 Å². The van der Waals surface area contributed by atoms with E-state index in [0.29, 0.717) is 12.6 Å². The second-order valence-electron chi connectivity index (χ2n) is 4.41. The quantitative estimate of drug-likeness (QED) is 0.663. The Morgan fingerprint density at radius 2 is 2.13 bits per heavy atom. The van der Waals surface area contributed by atoms with Crippen LogP contribution in [0.1, 0.15) is 19.8 Å². The van der Waals surface area contributed by atoms with Crippen molar-refractivity contribution in [3.8, 4) is 0 Å². The van der Waals surface area contributed by atoms with E-state index in [2.05, 4.69) is 17.1 Å². The maximum Gasteiger partial charge on any atom is 0.148 e. The third-order valence-electron chi connectivity index (χ3n) is 2.92. The van der Waals surface area contributed by atoms with Crippen LogP contribution in [0.3, 0.4) is 0 Å². The Balaban J connectivity index is 2.02. The van der Waals surface area contributed by atoms with Crippen LogP contribution in [-0.2, 0) is 9.84 Å². The molecule has 1 aliphatic heterocycles. The van der Waals surface area contributed by atoms with Gasteiger partial charge in [-0.25, -0.2) is 8.42 Å². The van der Waals surface area contributed by atoms with Crippen molar-refractivity contribution in [1.82, 2.24) is 10.2 Å². The first-order valence-corrected chi connectivity index (χ1v) is 7.67. The number of nitrogens with one attached hydrogen (secondary N) is 1. The van der Waals surface area contributed by atoms with E-state index in [4.69, 9.17) is 0 Å². The van der Waals surface area contributed by atoms with Crippen LogP contribution in [0.5, 0.6) is 0 Å². The highest BCUT2D eigenvalue weighted by Crippen LogP contribution is 2.14. The van der Waals surface area contributed by atoms with Gasteiger partial charge < -0.3 is 5.32 Å². The van der Waals surface area contributed by atoms with E-state index >= 15 is 0 Å². The first-order valence-electron chi connectivity index (χ1n) is 5.61. The minimum atomic E-state index is -2.81. The van der Waals surface area contributed by atoms with Crippen LogP contribution in [-0.4, -0.2) is 57.5 Å². The van der Waals surface area contributed by atoms with Crippen LogP contribution in [0.2, 0.25) is 0 Å². The molecule has 1 fully saturated rings. The molecule has 4 nitrogen and oxygen atoms in total. The average Bonchev–Trinajstić information content (AvgIpc) is 2.49. The monoisotopic (exact) mass is 234 g/mol. The molecule has 1 rings (SSSR count). The van der Waals surface area contributed by atoms with Crippen LogP contribution in [0.4, 0.5) is 0 Å². The van der Waals surface area contributed by atoms with Gasteiger partial charge in [-0.15, -0.1) is 0 Å². The van der Waals surface area contributed by atoms with Crippen LogP contribution in [0, 0.1) is 0 Å². The molecule has 90 valence electrons. The molecule has 0 spiro atoms. The van der Waals surface area contributed by atoms with Gasteiger partial charge in [-0.3, -0.25) is 4.90 Å². The molecule has 1 N–H and O–H groups in total. The molecule has 1 unspecified atom stereocenters. The van der Waals surface area contributed by atoms with E-state index in [0.717, 1.165) is 13.1 Å². The molecular formula is C10H22N2O2S. The largest absolute Gasteiger partial charge is 0.314 e. The molecule has 5 heteroatoms. The standard InChI is InChI=1S/C10H22N2O2S/c1-10-4-3-7-12(10)8-5-11-6-9-15(2,13)14/h10-11H,3-9H2,1-2H3. The average molecular weight is 234 g/mol. The van der Waals surface area contributed by atoms with E-state index in [1.807, 2.05) is 0 Å². The topological polar surface area (TPSA) is 49.4 Å². The molecule has 1 aliphatic rings. The highest BCUT2D eigenvalue weighted by molar-refractivity contribution is 7.90. The molecule has 1 saturated heterocycles. The van der Waals surface area contributed by atoms with E-state index in [9.17, 15) is 8.42 Å². The second kappa shape index (κ2) is 5.82. The number of rotatable bonds is 6. The maximum absolute atomic E-state index is 10.9. The maximum atomic E-state index is 10.9. The summed E-state index contributed by atoms with van der Waals surface area (Å²) in [5.41, 5.74) is 0. The van der Waals surface area contributed by atoms with Crippen molar-refractivity contribution in [2.75, 3.05) is 38.2 Å². The molecule has 15 heavy (non-hydrogen) atoms. The molecule has 1 atom stereocenters. The molecule has 0 bridgehead atoms. The van der Waals surface area contributed by atoms with Crippen molar-refractivity contribution in [3.05, 3.63) is 0 Å². The fraction of sp³-hybridized carbons (Fsp3) is 1.00. The predicted molar refractivity (Wildman–Crippen MR) is 62.8 cm³/mol. The summed E-state index contributed by atoms with van der Waals surface area (Å²) >= 11 is 0. The van der Waals surface area contributed by atoms with Gasteiger partial charge in [0.25, 0.3) is 0 Å². The lowest BCUT2D eigenvalue weighted by Crippen LogP contribution is -2.35. The highest BCUT2D eigenvalue weighted by Gasteiger charge is 2.18. The Morgan fingerprint density at radius 3 is 2.67 bits per heavy atom. The van der Waals surface area contributed by atoms with Gasteiger partial charge in [0.1, 0.15) is 9.84 Å². The second-order valence-corrected chi connectivity index (χ2v) is 6.67. The minimum absolute atomic E-state index is 0.239. The van der Waals surface area contributed by atoms with Gasteiger partial charge in [0.2, 0.25) is 0 Å². The van der Waals surface area contributed by atoms with Crippen molar-refractivity contribution in [2.24, 2.45) is 0 Å². The smallest absolute Gasteiger partial charge is 0.148 e. The zero-order valence-corrected chi connectivity index (χ0v) is 10.5. The highest BCUT2D eigenvalue weighted by atomic mass is 32.2. The third kappa shape index (κ3) is 5.49. The van der Waals surface area contributed by atoms with Gasteiger partial charge in [0.05, 0.1) is 5.75 Å². The van der Waals surface area contributed by atoms with E-state index in [1.54, 1.807) is 0 Å². The molecule has 0 amide bonds. The van der Waals surface area contributed by atoms with Crippen LogP contribution in [0.25, 0.3) is 0 Å². The summed E-state index contributed by atoms with van der Waals surface area (Å²) < 4.78 is 21.7. The summed E-state index contributed by atoms with van der Waals surface area (Å²) in [5.74, 6) is 0.239. The summed E-state index contributed by atoms with van der Waals surface area (Å²) in [5, 5.41) is 3.17. The molecule has 1 heterocycles. The number of nitrogens with zero attached hydrogens (tertiary/aromatic N) is 1. The lowest BCUT2D eigenvalue weighted by molar-refractivity contribution is 0.269. The number of sulfone groups is 1. The van der Waals surface area contributed by atoms with Gasteiger partial charge in [0.15, 0.2) is 0 Å². The van der Waals surface area contributed by atoms with E-state index in [1.165, 1.54) is 25.6 Å². The van der Waals surface area contributed by atoms with Crippen molar-refractivity contribution in [1.29, 1.82) is 0 Å². The molecule has 0 radical (unpaired) electrons. The molecular weight excluding hydrogens is 212 g/mol. The lowest BCUT2D eigenvalue weighted by Gasteiger charge is -2.20.